The van der Waals surface area contributed by atoms with Gasteiger partial charge in [0.25, 0.3) is 5.91 Å². The summed E-state index contributed by atoms with van der Waals surface area (Å²) in [5.74, 6) is 1.03. The van der Waals surface area contributed by atoms with Crippen LogP contribution >= 0.6 is 0 Å². The van der Waals surface area contributed by atoms with E-state index >= 15 is 0 Å². The first-order valence-electron chi connectivity index (χ1n) is 9.09. The lowest BCUT2D eigenvalue weighted by molar-refractivity contribution is -0.146. The first-order valence-corrected chi connectivity index (χ1v) is 9.09. The van der Waals surface area contributed by atoms with Crippen LogP contribution in [-0.4, -0.2) is 34.5 Å². The fourth-order valence-electron chi connectivity index (χ4n) is 3.53. The zero-order chi connectivity index (χ0) is 18.7. The third-order valence-electron chi connectivity index (χ3n) is 4.93. The van der Waals surface area contributed by atoms with E-state index < -0.39 is 5.60 Å². The van der Waals surface area contributed by atoms with Gasteiger partial charge in [0.15, 0.2) is 5.60 Å². The van der Waals surface area contributed by atoms with E-state index in [0.29, 0.717) is 24.8 Å². The fraction of sp³-hybridized carbons (Fsp3) is 0.429. The van der Waals surface area contributed by atoms with Gasteiger partial charge >= 0.3 is 0 Å². The number of nitrogens with one attached hydrogen (secondary N) is 1. The molecule has 0 bridgehead atoms. The Hall–Kier alpha value is -2.56. The summed E-state index contributed by atoms with van der Waals surface area (Å²) in [4.78, 5) is 29.0. The minimum Gasteiger partial charge on any atom is -0.478 e. The highest BCUT2D eigenvalue weighted by Gasteiger charge is 2.36. The molecule has 1 saturated heterocycles. The van der Waals surface area contributed by atoms with E-state index in [1.54, 1.807) is 12.3 Å². The van der Waals surface area contributed by atoms with Crippen LogP contribution in [0.3, 0.4) is 0 Å². The van der Waals surface area contributed by atoms with Crippen LogP contribution in [0.2, 0.25) is 0 Å². The number of carbonyl (C=O) groups excluding carboxylic acids is 1. The average molecular weight is 354 g/mol. The van der Waals surface area contributed by atoms with Gasteiger partial charge in [-0.2, -0.15) is 0 Å². The Morgan fingerprint density at radius 3 is 2.58 bits per heavy atom. The maximum absolute atomic E-state index is 13.0. The third kappa shape index (κ3) is 4.15. The molecule has 0 aliphatic carbocycles. The van der Waals surface area contributed by atoms with Gasteiger partial charge in [0.05, 0.1) is 0 Å². The number of aromatic nitrogens is 1. The first kappa shape index (κ1) is 18.2. The SMILES string of the molecule is Cc1cccc(OC(C)(C)C(=O)N2CCC(c3cc[nH]c(=O)c3)CC2)c1. The molecule has 2 heterocycles. The lowest BCUT2D eigenvalue weighted by Crippen LogP contribution is -2.51. The fourth-order valence-corrected chi connectivity index (χ4v) is 3.53. The number of nitrogens with zero attached hydrogens (tertiary/aromatic N) is 1. The second-order valence-corrected chi connectivity index (χ2v) is 7.48. The first-order chi connectivity index (χ1) is 12.3. The van der Waals surface area contributed by atoms with Crippen molar-refractivity contribution in [2.24, 2.45) is 0 Å². The number of carbonyl (C=O) groups is 1. The minimum atomic E-state index is -0.912. The van der Waals surface area contributed by atoms with Crippen LogP contribution < -0.4 is 10.3 Å². The molecule has 5 heteroatoms. The van der Waals surface area contributed by atoms with Crippen LogP contribution in [0.25, 0.3) is 0 Å². The van der Waals surface area contributed by atoms with Crippen molar-refractivity contribution < 1.29 is 9.53 Å². The Bertz CT molecular complexity index is 833. The molecule has 0 atom stereocenters. The van der Waals surface area contributed by atoms with Gasteiger partial charge in [-0.3, -0.25) is 9.59 Å². The summed E-state index contributed by atoms with van der Waals surface area (Å²) in [6, 6.07) is 11.4. The number of H-pyrrole nitrogens is 1. The Labute approximate surface area is 154 Å². The number of rotatable bonds is 4. The smallest absolute Gasteiger partial charge is 0.266 e. The highest BCUT2D eigenvalue weighted by Crippen LogP contribution is 2.29. The lowest BCUT2D eigenvalue weighted by atomic mass is 9.89. The molecule has 1 fully saturated rings. The molecule has 0 unspecified atom stereocenters. The Kier molecular flexibility index (Phi) is 5.16. The molecule has 1 amide bonds. The van der Waals surface area contributed by atoms with Crippen molar-refractivity contribution in [1.82, 2.24) is 9.88 Å². The molecule has 26 heavy (non-hydrogen) atoms. The van der Waals surface area contributed by atoms with E-state index in [4.69, 9.17) is 4.74 Å². The molecule has 0 radical (unpaired) electrons. The van der Waals surface area contributed by atoms with Gasteiger partial charge in [0, 0.05) is 25.4 Å². The van der Waals surface area contributed by atoms with E-state index in [0.717, 1.165) is 24.0 Å². The number of piperidine rings is 1. The molecule has 1 aliphatic heterocycles. The molecular formula is C21H26N2O3. The van der Waals surface area contributed by atoms with Crippen molar-refractivity contribution in [3.8, 4) is 5.75 Å². The summed E-state index contributed by atoms with van der Waals surface area (Å²) in [7, 11) is 0. The standard InChI is InChI=1S/C21H26N2O3/c1-15-5-4-6-18(13-15)26-21(2,3)20(25)23-11-8-16(9-12-23)17-7-10-22-19(24)14-17/h4-7,10,13-14,16H,8-9,11-12H2,1-3H3,(H,22,24). The van der Waals surface area contributed by atoms with Crippen molar-refractivity contribution in [2.75, 3.05) is 13.1 Å². The Balaban J connectivity index is 1.63. The van der Waals surface area contributed by atoms with E-state index in [2.05, 4.69) is 4.98 Å². The number of aromatic amines is 1. The van der Waals surface area contributed by atoms with Gasteiger partial charge in [0.2, 0.25) is 5.56 Å². The number of hydrogen-bond acceptors (Lipinski definition) is 3. The van der Waals surface area contributed by atoms with Crippen LogP contribution in [0.15, 0.2) is 47.4 Å². The highest BCUT2D eigenvalue weighted by molar-refractivity contribution is 5.85. The lowest BCUT2D eigenvalue weighted by Gasteiger charge is -2.37. The predicted octanol–water partition coefficient (Wildman–Crippen LogP) is 3.25. The van der Waals surface area contributed by atoms with E-state index in [1.165, 1.54) is 0 Å². The van der Waals surface area contributed by atoms with Gasteiger partial charge in [-0.05, 0) is 68.9 Å². The van der Waals surface area contributed by atoms with Crippen LogP contribution in [0, 0.1) is 6.92 Å². The molecule has 2 aromatic rings. The van der Waals surface area contributed by atoms with Crippen molar-refractivity contribution in [1.29, 1.82) is 0 Å². The normalized spacial score (nSPS) is 15.7. The molecule has 1 aromatic carbocycles. The summed E-state index contributed by atoms with van der Waals surface area (Å²) in [5, 5.41) is 0. The van der Waals surface area contributed by atoms with Crippen LogP contribution in [0.5, 0.6) is 5.75 Å². The van der Waals surface area contributed by atoms with Gasteiger partial charge in [-0.15, -0.1) is 0 Å². The number of hydrogen-bond donors (Lipinski definition) is 1. The zero-order valence-electron chi connectivity index (χ0n) is 15.6. The summed E-state index contributed by atoms with van der Waals surface area (Å²) < 4.78 is 5.99. The van der Waals surface area contributed by atoms with Crippen molar-refractivity contribution >= 4 is 5.91 Å². The molecule has 5 nitrogen and oxygen atoms in total. The van der Waals surface area contributed by atoms with E-state index in [-0.39, 0.29) is 11.5 Å². The van der Waals surface area contributed by atoms with Crippen molar-refractivity contribution in [2.45, 2.75) is 45.1 Å². The molecule has 138 valence electrons. The van der Waals surface area contributed by atoms with Crippen molar-refractivity contribution in [3.63, 3.8) is 0 Å². The molecule has 1 N–H and O–H groups in total. The monoisotopic (exact) mass is 354 g/mol. The third-order valence-corrected chi connectivity index (χ3v) is 4.93. The second-order valence-electron chi connectivity index (χ2n) is 7.48. The molecule has 1 aromatic heterocycles. The number of pyridine rings is 1. The number of amides is 1. The number of aryl methyl sites for hydroxylation is 1. The predicted molar refractivity (Wildman–Crippen MR) is 102 cm³/mol. The van der Waals surface area contributed by atoms with Gasteiger partial charge < -0.3 is 14.6 Å². The van der Waals surface area contributed by atoms with Gasteiger partial charge in [-0.1, -0.05) is 12.1 Å². The molecule has 0 saturated carbocycles. The van der Waals surface area contributed by atoms with Crippen LogP contribution in [0.1, 0.15) is 43.7 Å². The molecule has 1 aliphatic rings. The summed E-state index contributed by atoms with van der Waals surface area (Å²) in [6.45, 7) is 7.00. The second kappa shape index (κ2) is 7.36. The maximum atomic E-state index is 13.0. The number of likely N-dealkylation sites (tertiary alicyclic amines) is 1. The summed E-state index contributed by atoms with van der Waals surface area (Å²) in [5.41, 5.74) is 1.17. The molecular weight excluding hydrogens is 328 g/mol. The van der Waals surface area contributed by atoms with Crippen LogP contribution in [-0.2, 0) is 4.79 Å². The Morgan fingerprint density at radius 1 is 1.19 bits per heavy atom. The topological polar surface area (TPSA) is 62.4 Å². The number of ether oxygens (including phenoxy) is 1. The molecule has 0 spiro atoms. The van der Waals surface area contributed by atoms with Crippen molar-refractivity contribution in [3.05, 3.63) is 64.1 Å². The highest BCUT2D eigenvalue weighted by atomic mass is 16.5. The molecule has 3 rings (SSSR count). The average Bonchev–Trinajstić information content (AvgIpc) is 2.61. The van der Waals surface area contributed by atoms with Gasteiger partial charge in [0.1, 0.15) is 5.75 Å². The van der Waals surface area contributed by atoms with E-state index in [1.807, 2.05) is 56.0 Å². The quantitative estimate of drug-likeness (QED) is 0.917. The van der Waals surface area contributed by atoms with Crippen LogP contribution in [0.4, 0.5) is 0 Å². The summed E-state index contributed by atoms with van der Waals surface area (Å²) >= 11 is 0. The Morgan fingerprint density at radius 2 is 1.92 bits per heavy atom. The van der Waals surface area contributed by atoms with E-state index in [9.17, 15) is 9.59 Å². The van der Waals surface area contributed by atoms with Gasteiger partial charge in [-0.25, -0.2) is 0 Å². The number of benzene rings is 1. The largest absolute Gasteiger partial charge is 0.478 e. The minimum absolute atomic E-state index is 0.00312. The maximum Gasteiger partial charge on any atom is 0.266 e. The summed E-state index contributed by atoms with van der Waals surface area (Å²) in [6.07, 6.45) is 3.40. The zero-order valence-corrected chi connectivity index (χ0v) is 15.6.